The summed E-state index contributed by atoms with van der Waals surface area (Å²) in [4.78, 5) is 0. The molecule has 0 amide bonds. The maximum Gasteiger partial charge on any atom is 0.143 e. The Morgan fingerprint density at radius 2 is 1.05 bits per heavy atom. The standard InChI is InChI=1S/C42H26O/c1-2-12-27(13-3-1)29-24-25-39-38(26-29)36-22-11-23-37(42(36)43-39)41-34-19-8-6-17-32(34)40(33-18-7-9-20-35(33)41)31-21-10-15-28-14-4-5-16-30(28)31/h1-26H/i4D,5D,6D,7D,8D,9D,10D,14D,15D,16D,17D,18D,19D,20D,21D. The highest BCUT2D eigenvalue weighted by Crippen LogP contribution is 2.47. The Labute approximate surface area is 270 Å². The molecule has 0 unspecified atom stereocenters. The lowest BCUT2D eigenvalue weighted by molar-refractivity contribution is 0.670. The van der Waals surface area contributed by atoms with Gasteiger partial charge in [-0.1, -0.05) is 145 Å². The van der Waals surface area contributed by atoms with Gasteiger partial charge in [0, 0.05) is 21.9 Å². The van der Waals surface area contributed by atoms with Crippen LogP contribution >= 0.6 is 0 Å². The van der Waals surface area contributed by atoms with Crippen LogP contribution in [0.1, 0.15) is 20.6 Å². The van der Waals surface area contributed by atoms with Gasteiger partial charge in [0.25, 0.3) is 0 Å². The van der Waals surface area contributed by atoms with Crippen molar-refractivity contribution in [3.8, 4) is 33.4 Å². The van der Waals surface area contributed by atoms with Crippen LogP contribution in [-0.2, 0) is 0 Å². The Bertz CT molecular complexity index is 3250. The third-order valence-corrected chi connectivity index (χ3v) is 7.81. The van der Waals surface area contributed by atoms with Gasteiger partial charge >= 0.3 is 0 Å². The monoisotopic (exact) mass is 561 g/mol. The average Bonchev–Trinajstić information content (AvgIpc) is 3.61. The molecular weight excluding hydrogens is 520 g/mol. The van der Waals surface area contributed by atoms with E-state index < -0.39 is 107 Å². The average molecular weight is 562 g/mol. The molecule has 1 nitrogen and oxygen atoms in total. The first-order chi connectivity index (χ1) is 27.6. The summed E-state index contributed by atoms with van der Waals surface area (Å²) in [5.41, 5.74) is 1.97. The van der Waals surface area contributed by atoms with Gasteiger partial charge < -0.3 is 4.42 Å². The molecule has 1 heteroatoms. The van der Waals surface area contributed by atoms with Crippen molar-refractivity contribution in [3.05, 3.63) is 157 Å². The van der Waals surface area contributed by atoms with Gasteiger partial charge in [-0.15, -0.1) is 0 Å². The highest BCUT2D eigenvalue weighted by molar-refractivity contribution is 6.25. The summed E-state index contributed by atoms with van der Waals surface area (Å²) < 4.78 is 141. The summed E-state index contributed by atoms with van der Waals surface area (Å²) in [6.07, 6.45) is 0. The summed E-state index contributed by atoms with van der Waals surface area (Å²) in [6.45, 7) is 0. The smallest absolute Gasteiger partial charge is 0.143 e. The van der Waals surface area contributed by atoms with E-state index >= 15 is 0 Å². The lowest BCUT2D eigenvalue weighted by atomic mass is 9.84. The van der Waals surface area contributed by atoms with Crippen LogP contribution < -0.4 is 0 Å². The molecule has 8 aromatic carbocycles. The summed E-state index contributed by atoms with van der Waals surface area (Å²) in [5, 5.41) is -0.605. The normalized spacial score (nSPS) is 16.6. The number of hydrogen-bond donors (Lipinski definition) is 0. The van der Waals surface area contributed by atoms with Gasteiger partial charge in [-0.05, 0) is 66.7 Å². The van der Waals surface area contributed by atoms with E-state index in [1.165, 1.54) is 0 Å². The maximum atomic E-state index is 9.39. The Kier molecular flexibility index (Phi) is 2.97. The first-order valence-corrected chi connectivity index (χ1v) is 13.6. The Morgan fingerprint density at radius 3 is 1.77 bits per heavy atom. The minimum Gasteiger partial charge on any atom is -0.455 e. The third-order valence-electron chi connectivity index (χ3n) is 7.81. The van der Waals surface area contributed by atoms with Gasteiger partial charge in [-0.25, -0.2) is 0 Å². The molecule has 0 radical (unpaired) electrons. The molecule has 1 heterocycles. The van der Waals surface area contributed by atoms with Crippen LogP contribution in [0.4, 0.5) is 0 Å². The van der Waals surface area contributed by atoms with Gasteiger partial charge in [-0.3, -0.25) is 0 Å². The van der Waals surface area contributed by atoms with E-state index in [1.54, 1.807) is 18.2 Å². The fraction of sp³-hybridized carbons (Fsp3) is 0. The second-order valence-corrected chi connectivity index (χ2v) is 10.1. The lowest BCUT2D eigenvalue weighted by Gasteiger charge is -2.18. The molecule has 0 saturated carbocycles. The molecule has 9 rings (SSSR count). The summed E-state index contributed by atoms with van der Waals surface area (Å²) >= 11 is 0. The van der Waals surface area contributed by atoms with Gasteiger partial charge in [0.2, 0.25) is 0 Å². The Morgan fingerprint density at radius 1 is 0.419 bits per heavy atom. The first kappa shape index (κ1) is 13.5. The van der Waals surface area contributed by atoms with Crippen molar-refractivity contribution in [2.75, 3.05) is 0 Å². The highest BCUT2D eigenvalue weighted by atomic mass is 16.3. The third kappa shape index (κ3) is 3.65. The summed E-state index contributed by atoms with van der Waals surface area (Å²) in [5.74, 6) is 0. The molecule has 0 atom stereocenters. The van der Waals surface area contributed by atoms with E-state index in [4.69, 9.17) is 18.1 Å². The van der Waals surface area contributed by atoms with E-state index in [-0.39, 0.29) is 43.8 Å². The van der Waals surface area contributed by atoms with Crippen LogP contribution in [0.15, 0.2) is 162 Å². The van der Waals surface area contributed by atoms with Crippen LogP contribution in [0.3, 0.4) is 0 Å². The van der Waals surface area contributed by atoms with E-state index in [2.05, 4.69) is 0 Å². The second-order valence-electron chi connectivity index (χ2n) is 10.1. The molecule has 43 heavy (non-hydrogen) atoms. The van der Waals surface area contributed by atoms with Crippen molar-refractivity contribution in [1.82, 2.24) is 0 Å². The van der Waals surface area contributed by atoms with Crippen molar-refractivity contribution in [1.29, 1.82) is 0 Å². The fourth-order valence-corrected chi connectivity index (χ4v) is 5.95. The van der Waals surface area contributed by atoms with Gasteiger partial charge in [0.15, 0.2) is 0 Å². The molecule has 0 aliphatic heterocycles. The molecule has 0 aliphatic rings. The predicted octanol–water partition coefficient (Wildman–Crippen LogP) is 12.0. The van der Waals surface area contributed by atoms with Crippen molar-refractivity contribution in [2.24, 2.45) is 0 Å². The Hall–Kier alpha value is -5.66. The maximum absolute atomic E-state index is 9.39. The minimum atomic E-state index is -0.763. The van der Waals surface area contributed by atoms with E-state index in [0.717, 1.165) is 11.1 Å². The lowest BCUT2D eigenvalue weighted by Crippen LogP contribution is -1.91. The SMILES string of the molecule is [2H]c1c([2H])c([2H])c2c(-c3c4c([2H])c([2H])c([2H])c([2H])c4c(-c4cccc5c4oc4ccc(-c6ccccc6)cc45)c4c([2H])c([2H])c([2H])c([2H])c34)c([2H])c([2H])c([2H])c2c1[2H]. The quantitative estimate of drug-likeness (QED) is 0.196. The van der Waals surface area contributed by atoms with Crippen LogP contribution in [-0.4, -0.2) is 0 Å². The molecule has 0 saturated heterocycles. The zero-order valence-electron chi connectivity index (χ0n) is 37.3. The van der Waals surface area contributed by atoms with E-state index in [0.29, 0.717) is 16.4 Å². The number of rotatable bonds is 3. The molecule has 0 N–H and O–H groups in total. The van der Waals surface area contributed by atoms with Crippen LogP contribution in [0, 0.1) is 0 Å². The van der Waals surface area contributed by atoms with Crippen LogP contribution in [0.2, 0.25) is 0 Å². The summed E-state index contributed by atoms with van der Waals surface area (Å²) in [6, 6.07) is 10.1. The summed E-state index contributed by atoms with van der Waals surface area (Å²) in [7, 11) is 0. The second kappa shape index (κ2) is 9.44. The van der Waals surface area contributed by atoms with Crippen molar-refractivity contribution < 1.29 is 25.0 Å². The van der Waals surface area contributed by atoms with Crippen LogP contribution in [0.25, 0.3) is 87.6 Å². The molecular formula is C42H26O. The van der Waals surface area contributed by atoms with E-state index in [9.17, 15) is 6.85 Å². The van der Waals surface area contributed by atoms with Crippen molar-refractivity contribution in [3.63, 3.8) is 0 Å². The number of hydrogen-bond acceptors (Lipinski definition) is 1. The predicted molar refractivity (Wildman–Crippen MR) is 183 cm³/mol. The number of furan rings is 1. The minimum absolute atomic E-state index is 0.0263. The highest BCUT2D eigenvalue weighted by Gasteiger charge is 2.21. The van der Waals surface area contributed by atoms with E-state index in [1.807, 2.05) is 48.5 Å². The topological polar surface area (TPSA) is 13.1 Å². The molecule has 0 fully saturated rings. The number of benzene rings is 8. The molecule has 0 aliphatic carbocycles. The largest absolute Gasteiger partial charge is 0.455 e. The molecule has 0 spiro atoms. The zero-order valence-corrected chi connectivity index (χ0v) is 22.3. The molecule has 200 valence electrons. The zero-order chi connectivity index (χ0) is 41.4. The van der Waals surface area contributed by atoms with Gasteiger partial charge in [0.1, 0.15) is 11.2 Å². The fourth-order valence-electron chi connectivity index (χ4n) is 5.95. The van der Waals surface area contributed by atoms with Crippen molar-refractivity contribution in [2.45, 2.75) is 0 Å². The number of fused-ring (bicyclic) bond motifs is 6. The van der Waals surface area contributed by atoms with Gasteiger partial charge in [0.05, 0.1) is 20.6 Å². The van der Waals surface area contributed by atoms with Crippen molar-refractivity contribution >= 4 is 54.3 Å². The Balaban J connectivity index is 1.58. The molecule has 0 bridgehead atoms. The molecule has 9 aromatic rings. The van der Waals surface area contributed by atoms with Gasteiger partial charge in [-0.2, -0.15) is 0 Å². The first-order valence-electron chi connectivity index (χ1n) is 21.1. The van der Waals surface area contributed by atoms with Crippen LogP contribution in [0.5, 0.6) is 0 Å². The molecule has 1 aromatic heterocycles. The number of para-hydroxylation sites is 1.